The van der Waals surface area contributed by atoms with E-state index in [1.54, 1.807) is 6.92 Å². The van der Waals surface area contributed by atoms with Crippen LogP contribution in [0, 0.1) is 0 Å². The van der Waals surface area contributed by atoms with Crippen LogP contribution in [-0.2, 0) is 9.59 Å². The number of nitrogens with zero attached hydrogens (tertiary/aromatic N) is 1. The Bertz CT molecular complexity index is 326. The van der Waals surface area contributed by atoms with Crippen molar-refractivity contribution in [2.24, 2.45) is 0 Å². The maximum Gasteiger partial charge on any atom is 0.326 e. The summed E-state index contributed by atoms with van der Waals surface area (Å²) in [6.45, 7) is 6.32. The molecule has 0 radical (unpaired) electrons. The maximum atomic E-state index is 12.1. The van der Waals surface area contributed by atoms with Gasteiger partial charge in [-0.05, 0) is 25.8 Å². The molecular weight excluding hydrogens is 266 g/mol. The van der Waals surface area contributed by atoms with Gasteiger partial charge in [0.15, 0.2) is 0 Å². The maximum absolute atomic E-state index is 12.1. The van der Waals surface area contributed by atoms with Crippen molar-refractivity contribution in [1.29, 1.82) is 0 Å². The molecular formula is C17H31NO3. The zero-order valence-corrected chi connectivity index (χ0v) is 13.8. The molecule has 0 aromatic rings. The summed E-state index contributed by atoms with van der Waals surface area (Å²) in [5.74, 6) is -1.13. The first-order valence-electron chi connectivity index (χ1n) is 8.24. The lowest BCUT2D eigenvalue weighted by molar-refractivity contribution is -0.147. The molecule has 0 unspecified atom stereocenters. The van der Waals surface area contributed by atoms with Crippen LogP contribution in [-0.4, -0.2) is 34.5 Å². The Hall–Kier alpha value is -1.32. The molecule has 0 fully saturated rings. The van der Waals surface area contributed by atoms with Crippen LogP contribution in [0.5, 0.6) is 0 Å². The van der Waals surface area contributed by atoms with Gasteiger partial charge >= 0.3 is 5.97 Å². The van der Waals surface area contributed by atoms with Crippen LogP contribution in [0.4, 0.5) is 0 Å². The van der Waals surface area contributed by atoms with Gasteiger partial charge in [-0.1, -0.05) is 58.4 Å². The van der Waals surface area contributed by atoms with E-state index in [0.717, 1.165) is 32.1 Å². The highest BCUT2D eigenvalue weighted by molar-refractivity contribution is 5.91. The van der Waals surface area contributed by atoms with Crippen LogP contribution in [0.3, 0.4) is 0 Å². The topological polar surface area (TPSA) is 57.6 Å². The number of carboxylic acid groups (broad SMARTS) is 1. The first-order valence-corrected chi connectivity index (χ1v) is 8.24. The molecule has 4 heteroatoms. The van der Waals surface area contributed by atoms with Crippen LogP contribution >= 0.6 is 0 Å². The van der Waals surface area contributed by atoms with Gasteiger partial charge in [0.2, 0.25) is 5.91 Å². The van der Waals surface area contributed by atoms with Crippen molar-refractivity contribution in [3.8, 4) is 0 Å². The predicted molar refractivity (Wildman–Crippen MR) is 86.2 cm³/mol. The summed E-state index contributed by atoms with van der Waals surface area (Å²) in [4.78, 5) is 24.7. The normalized spacial score (nSPS) is 12.5. The fraction of sp³-hybridized carbons (Fsp3) is 0.765. The summed E-state index contributed by atoms with van der Waals surface area (Å²) in [6.07, 6.45) is 11.9. The van der Waals surface area contributed by atoms with Gasteiger partial charge in [-0.2, -0.15) is 0 Å². The highest BCUT2D eigenvalue weighted by Gasteiger charge is 2.23. The third-order valence-corrected chi connectivity index (χ3v) is 3.58. The van der Waals surface area contributed by atoms with E-state index in [0.29, 0.717) is 6.54 Å². The number of carboxylic acids is 1. The number of hydrogen-bond acceptors (Lipinski definition) is 2. The number of allylic oxidation sites excluding steroid dienone is 1. The summed E-state index contributed by atoms with van der Waals surface area (Å²) in [5, 5.41) is 9.13. The quantitative estimate of drug-likeness (QED) is 0.437. The summed E-state index contributed by atoms with van der Waals surface area (Å²) >= 11 is 0. The van der Waals surface area contributed by atoms with Crippen LogP contribution < -0.4 is 0 Å². The van der Waals surface area contributed by atoms with Gasteiger partial charge in [0.25, 0.3) is 0 Å². The molecule has 0 rings (SSSR count). The van der Waals surface area contributed by atoms with Crippen molar-refractivity contribution >= 4 is 11.9 Å². The molecule has 21 heavy (non-hydrogen) atoms. The number of hydrogen-bond donors (Lipinski definition) is 1. The van der Waals surface area contributed by atoms with Crippen molar-refractivity contribution in [3.05, 3.63) is 12.2 Å². The van der Waals surface area contributed by atoms with E-state index < -0.39 is 12.0 Å². The second-order valence-electron chi connectivity index (χ2n) is 5.50. The lowest BCUT2D eigenvalue weighted by atomic mass is 10.1. The first kappa shape index (κ1) is 19.7. The third-order valence-electron chi connectivity index (χ3n) is 3.58. The second kappa shape index (κ2) is 12.4. The van der Waals surface area contributed by atoms with Gasteiger partial charge < -0.3 is 10.0 Å². The molecule has 0 aliphatic rings. The number of carbonyl (C=O) groups excluding carboxylic acids is 1. The lowest BCUT2D eigenvalue weighted by Gasteiger charge is -2.25. The minimum atomic E-state index is -0.946. The van der Waals surface area contributed by atoms with E-state index >= 15 is 0 Å². The number of amides is 1. The molecule has 0 aliphatic carbocycles. The Labute approximate surface area is 129 Å². The average molecular weight is 297 g/mol. The lowest BCUT2D eigenvalue weighted by Crippen LogP contribution is -2.43. The van der Waals surface area contributed by atoms with Crippen molar-refractivity contribution in [1.82, 2.24) is 4.90 Å². The fourth-order valence-electron chi connectivity index (χ4n) is 2.14. The van der Waals surface area contributed by atoms with Gasteiger partial charge in [0, 0.05) is 6.54 Å². The van der Waals surface area contributed by atoms with E-state index in [2.05, 4.69) is 6.92 Å². The Balaban J connectivity index is 4.33. The summed E-state index contributed by atoms with van der Waals surface area (Å²) in [5.41, 5.74) is 0. The molecule has 0 spiro atoms. The van der Waals surface area contributed by atoms with Crippen molar-refractivity contribution < 1.29 is 14.7 Å². The molecule has 1 N–H and O–H groups in total. The second-order valence-corrected chi connectivity index (χ2v) is 5.50. The average Bonchev–Trinajstić information content (AvgIpc) is 2.46. The van der Waals surface area contributed by atoms with Crippen LogP contribution in [0.25, 0.3) is 0 Å². The van der Waals surface area contributed by atoms with E-state index in [4.69, 9.17) is 5.11 Å². The van der Waals surface area contributed by atoms with E-state index in [1.165, 1.54) is 30.2 Å². The molecule has 0 aromatic carbocycles. The van der Waals surface area contributed by atoms with Crippen molar-refractivity contribution in [2.75, 3.05) is 6.54 Å². The van der Waals surface area contributed by atoms with Gasteiger partial charge in [-0.3, -0.25) is 4.79 Å². The molecule has 1 atom stereocenters. The molecule has 0 saturated heterocycles. The standard InChI is InChI=1S/C17H31NO3/c1-4-6-8-9-10-12-14-18(15(3)17(20)21)16(19)13-11-7-5-2/h11,13,15H,4-10,12,14H2,1-3H3,(H,20,21)/b13-11+/t15-/m0/s1. The number of rotatable bonds is 12. The minimum Gasteiger partial charge on any atom is -0.480 e. The molecule has 4 nitrogen and oxygen atoms in total. The molecule has 0 saturated carbocycles. The molecule has 122 valence electrons. The Morgan fingerprint density at radius 3 is 2.24 bits per heavy atom. The molecule has 0 heterocycles. The number of aliphatic carboxylic acids is 1. The zero-order valence-electron chi connectivity index (χ0n) is 13.8. The van der Waals surface area contributed by atoms with E-state index in [1.807, 2.05) is 13.0 Å². The van der Waals surface area contributed by atoms with Gasteiger partial charge in [0.05, 0.1) is 0 Å². The first-order chi connectivity index (χ1) is 10.0. The largest absolute Gasteiger partial charge is 0.480 e. The number of carbonyl (C=O) groups is 2. The molecule has 1 amide bonds. The Morgan fingerprint density at radius 1 is 1.05 bits per heavy atom. The summed E-state index contributed by atoms with van der Waals surface area (Å²) in [6, 6.07) is -0.764. The van der Waals surface area contributed by atoms with Gasteiger partial charge in [-0.15, -0.1) is 0 Å². The fourth-order valence-corrected chi connectivity index (χ4v) is 2.14. The zero-order chi connectivity index (χ0) is 16.1. The monoisotopic (exact) mass is 297 g/mol. The van der Waals surface area contributed by atoms with Crippen molar-refractivity contribution in [2.45, 2.75) is 78.2 Å². The smallest absolute Gasteiger partial charge is 0.326 e. The highest BCUT2D eigenvalue weighted by atomic mass is 16.4. The number of unbranched alkanes of at least 4 members (excludes halogenated alkanes) is 6. The predicted octanol–water partition coefficient (Wildman–Crippen LogP) is 4.00. The van der Waals surface area contributed by atoms with Crippen LogP contribution in [0.1, 0.15) is 72.1 Å². The summed E-state index contributed by atoms with van der Waals surface area (Å²) in [7, 11) is 0. The van der Waals surface area contributed by atoms with Crippen molar-refractivity contribution in [3.63, 3.8) is 0 Å². The van der Waals surface area contributed by atoms with Gasteiger partial charge in [0.1, 0.15) is 6.04 Å². The third kappa shape index (κ3) is 9.27. The van der Waals surface area contributed by atoms with E-state index in [9.17, 15) is 9.59 Å². The SMILES string of the molecule is CCC/C=C/C(=O)N(CCCCCCCC)[C@@H](C)C(=O)O. The molecule has 0 bridgehead atoms. The van der Waals surface area contributed by atoms with Crippen LogP contribution in [0.2, 0.25) is 0 Å². The summed E-state index contributed by atoms with van der Waals surface area (Å²) < 4.78 is 0. The van der Waals surface area contributed by atoms with Crippen LogP contribution in [0.15, 0.2) is 12.2 Å². The highest BCUT2D eigenvalue weighted by Crippen LogP contribution is 2.09. The van der Waals surface area contributed by atoms with E-state index in [-0.39, 0.29) is 5.91 Å². The Morgan fingerprint density at radius 2 is 1.67 bits per heavy atom. The molecule has 0 aliphatic heterocycles. The van der Waals surface area contributed by atoms with Gasteiger partial charge in [-0.25, -0.2) is 4.79 Å². The minimum absolute atomic E-state index is 0.188. The Kier molecular flexibility index (Phi) is 11.6. The molecule has 0 aromatic heterocycles.